The molecule has 0 aliphatic heterocycles. The van der Waals surface area contributed by atoms with Crippen LogP contribution in [0.3, 0.4) is 0 Å². The number of pyridine rings is 1. The first-order valence-electron chi connectivity index (χ1n) is 6.24. The molecule has 0 saturated heterocycles. The van der Waals surface area contributed by atoms with Crippen LogP contribution in [0.5, 0.6) is 0 Å². The summed E-state index contributed by atoms with van der Waals surface area (Å²) < 4.78 is 0. The summed E-state index contributed by atoms with van der Waals surface area (Å²) in [7, 11) is 0. The van der Waals surface area contributed by atoms with Gasteiger partial charge in [0.1, 0.15) is 5.65 Å². The topological polar surface area (TPSA) is 28.7 Å². The Morgan fingerprint density at radius 2 is 1.94 bits per heavy atom. The van der Waals surface area contributed by atoms with Gasteiger partial charge in [0.15, 0.2) is 0 Å². The molecule has 3 rings (SSSR count). The predicted octanol–water partition coefficient (Wildman–Crippen LogP) is 4.02. The van der Waals surface area contributed by atoms with Crippen molar-refractivity contribution in [1.82, 2.24) is 9.97 Å². The van der Waals surface area contributed by atoms with E-state index < -0.39 is 0 Å². The molecule has 90 valence electrons. The zero-order chi connectivity index (χ0) is 12.5. The zero-order valence-corrected chi connectivity index (χ0v) is 10.6. The van der Waals surface area contributed by atoms with Gasteiger partial charge in [-0.05, 0) is 29.7 Å². The van der Waals surface area contributed by atoms with Gasteiger partial charge >= 0.3 is 0 Å². The highest BCUT2D eigenvalue weighted by Crippen LogP contribution is 2.29. The van der Waals surface area contributed by atoms with E-state index in [-0.39, 0.29) is 0 Å². The monoisotopic (exact) mass is 236 g/mol. The average molecular weight is 236 g/mol. The van der Waals surface area contributed by atoms with Crippen LogP contribution in [0.25, 0.3) is 11.0 Å². The smallest absolute Gasteiger partial charge is 0.137 e. The van der Waals surface area contributed by atoms with Crippen LogP contribution in [0, 0.1) is 6.92 Å². The van der Waals surface area contributed by atoms with E-state index in [1.807, 2.05) is 6.20 Å². The molecule has 1 atom stereocenters. The van der Waals surface area contributed by atoms with Gasteiger partial charge in [-0.2, -0.15) is 0 Å². The van der Waals surface area contributed by atoms with Crippen LogP contribution in [0.1, 0.15) is 29.5 Å². The third kappa shape index (κ3) is 1.80. The summed E-state index contributed by atoms with van der Waals surface area (Å²) >= 11 is 0. The number of nitrogens with zero attached hydrogens (tertiary/aromatic N) is 1. The van der Waals surface area contributed by atoms with Crippen LogP contribution in [0.2, 0.25) is 0 Å². The Labute approximate surface area is 107 Å². The van der Waals surface area contributed by atoms with Crippen molar-refractivity contribution in [3.8, 4) is 0 Å². The number of aromatic amines is 1. The van der Waals surface area contributed by atoms with Gasteiger partial charge in [0.2, 0.25) is 0 Å². The molecule has 3 aromatic rings. The van der Waals surface area contributed by atoms with E-state index >= 15 is 0 Å². The molecule has 1 aromatic carbocycles. The number of aryl methyl sites for hydroxylation is 1. The number of H-pyrrole nitrogens is 1. The average Bonchev–Trinajstić information content (AvgIpc) is 2.82. The molecule has 2 aromatic heterocycles. The number of hydrogen-bond acceptors (Lipinski definition) is 1. The molecular formula is C16H16N2. The second-order valence-corrected chi connectivity index (χ2v) is 4.79. The molecule has 0 bridgehead atoms. The first-order valence-corrected chi connectivity index (χ1v) is 6.24. The summed E-state index contributed by atoms with van der Waals surface area (Å²) in [5, 5.41) is 1.23. The lowest BCUT2D eigenvalue weighted by Gasteiger charge is -2.10. The van der Waals surface area contributed by atoms with Crippen LogP contribution < -0.4 is 0 Å². The summed E-state index contributed by atoms with van der Waals surface area (Å²) in [4.78, 5) is 7.68. The highest BCUT2D eigenvalue weighted by atomic mass is 14.8. The lowest BCUT2D eigenvalue weighted by atomic mass is 9.93. The minimum absolute atomic E-state index is 0.378. The lowest BCUT2D eigenvalue weighted by molar-refractivity contribution is 0.932. The van der Waals surface area contributed by atoms with E-state index in [4.69, 9.17) is 0 Å². The third-order valence-electron chi connectivity index (χ3n) is 3.47. The number of hydrogen-bond donors (Lipinski definition) is 1. The van der Waals surface area contributed by atoms with Gasteiger partial charge in [-0.3, -0.25) is 0 Å². The van der Waals surface area contributed by atoms with Gasteiger partial charge in [-0.1, -0.05) is 37.3 Å². The first kappa shape index (κ1) is 11.0. The molecule has 0 spiro atoms. The fraction of sp³-hybridized carbons (Fsp3) is 0.188. The standard InChI is InChI=1S/C16H16N2/c1-11-8-14-15(10-18-16(14)17-9-11)12(2)13-6-4-3-5-7-13/h3-10,12H,1-2H3,(H,17,18)/t12-/m1/s1. The Morgan fingerprint density at radius 3 is 2.72 bits per heavy atom. The van der Waals surface area contributed by atoms with Crippen molar-refractivity contribution in [1.29, 1.82) is 0 Å². The number of rotatable bonds is 2. The predicted molar refractivity (Wildman–Crippen MR) is 74.8 cm³/mol. The first-order chi connectivity index (χ1) is 8.75. The van der Waals surface area contributed by atoms with Gasteiger partial charge < -0.3 is 4.98 Å². The van der Waals surface area contributed by atoms with E-state index in [9.17, 15) is 0 Å². The van der Waals surface area contributed by atoms with Gasteiger partial charge in [0, 0.05) is 23.7 Å². The van der Waals surface area contributed by atoms with Gasteiger partial charge in [0.05, 0.1) is 0 Å². The second-order valence-electron chi connectivity index (χ2n) is 4.79. The SMILES string of the molecule is Cc1cnc2[nH]cc([C@H](C)c3ccccc3)c2c1. The summed E-state index contributed by atoms with van der Waals surface area (Å²) in [6.45, 7) is 4.32. The van der Waals surface area contributed by atoms with Gasteiger partial charge in [-0.25, -0.2) is 4.98 Å². The maximum Gasteiger partial charge on any atom is 0.137 e. The second kappa shape index (κ2) is 4.30. The molecule has 2 heteroatoms. The molecule has 0 fully saturated rings. The largest absolute Gasteiger partial charge is 0.346 e. The van der Waals surface area contributed by atoms with Crippen molar-refractivity contribution in [2.75, 3.05) is 0 Å². The maximum atomic E-state index is 4.42. The minimum atomic E-state index is 0.378. The zero-order valence-electron chi connectivity index (χ0n) is 10.6. The van der Waals surface area contributed by atoms with Gasteiger partial charge in [-0.15, -0.1) is 0 Å². The fourth-order valence-electron chi connectivity index (χ4n) is 2.41. The molecule has 0 saturated carbocycles. The van der Waals surface area contributed by atoms with Crippen LogP contribution in [-0.4, -0.2) is 9.97 Å². The van der Waals surface area contributed by atoms with E-state index in [2.05, 4.69) is 66.4 Å². The molecule has 1 N–H and O–H groups in total. The van der Waals surface area contributed by atoms with Crippen LogP contribution in [0.4, 0.5) is 0 Å². The summed E-state index contributed by atoms with van der Waals surface area (Å²) in [6, 6.07) is 12.8. The lowest BCUT2D eigenvalue weighted by Crippen LogP contribution is -1.94. The molecular weight excluding hydrogens is 220 g/mol. The molecule has 0 unspecified atom stereocenters. The van der Waals surface area contributed by atoms with Crippen molar-refractivity contribution in [3.63, 3.8) is 0 Å². The quantitative estimate of drug-likeness (QED) is 0.715. The Bertz CT molecular complexity index is 668. The van der Waals surface area contributed by atoms with E-state index in [1.54, 1.807) is 0 Å². The van der Waals surface area contributed by atoms with Crippen molar-refractivity contribution >= 4 is 11.0 Å². The highest BCUT2D eigenvalue weighted by molar-refractivity contribution is 5.81. The Balaban J connectivity index is 2.12. The van der Waals surface area contributed by atoms with E-state index in [1.165, 1.54) is 22.1 Å². The van der Waals surface area contributed by atoms with Crippen molar-refractivity contribution in [2.45, 2.75) is 19.8 Å². The number of fused-ring (bicyclic) bond motifs is 1. The van der Waals surface area contributed by atoms with Gasteiger partial charge in [0.25, 0.3) is 0 Å². The van der Waals surface area contributed by atoms with Crippen molar-refractivity contribution in [2.24, 2.45) is 0 Å². The van der Waals surface area contributed by atoms with Crippen molar-refractivity contribution < 1.29 is 0 Å². The van der Waals surface area contributed by atoms with Crippen molar-refractivity contribution in [3.05, 3.63) is 65.5 Å². The molecule has 0 amide bonds. The maximum absolute atomic E-state index is 4.42. The molecule has 0 aliphatic rings. The summed E-state index contributed by atoms with van der Waals surface area (Å²) in [5.41, 5.74) is 4.81. The normalized spacial score (nSPS) is 12.8. The Kier molecular flexibility index (Phi) is 2.63. The number of nitrogens with one attached hydrogen (secondary N) is 1. The van der Waals surface area contributed by atoms with E-state index in [0.29, 0.717) is 5.92 Å². The molecule has 2 nitrogen and oxygen atoms in total. The molecule has 2 heterocycles. The molecule has 0 aliphatic carbocycles. The molecule has 0 radical (unpaired) electrons. The van der Waals surface area contributed by atoms with Crippen LogP contribution in [-0.2, 0) is 0 Å². The van der Waals surface area contributed by atoms with Crippen LogP contribution in [0.15, 0.2) is 48.8 Å². The Morgan fingerprint density at radius 1 is 1.17 bits per heavy atom. The molecule has 18 heavy (non-hydrogen) atoms. The van der Waals surface area contributed by atoms with Crippen LogP contribution >= 0.6 is 0 Å². The van der Waals surface area contributed by atoms with E-state index in [0.717, 1.165) is 5.65 Å². The number of benzene rings is 1. The fourth-order valence-corrected chi connectivity index (χ4v) is 2.41. The highest BCUT2D eigenvalue weighted by Gasteiger charge is 2.13. The Hall–Kier alpha value is -2.09. The summed E-state index contributed by atoms with van der Waals surface area (Å²) in [5.74, 6) is 0.378. The minimum Gasteiger partial charge on any atom is -0.346 e. The number of aromatic nitrogens is 2. The summed E-state index contributed by atoms with van der Waals surface area (Å²) in [6.07, 6.45) is 3.98. The third-order valence-corrected chi connectivity index (χ3v) is 3.47.